The molecule has 0 spiro atoms. The van der Waals surface area contributed by atoms with Crippen molar-refractivity contribution in [3.63, 3.8) is 0 Å². The highest BCUT2D eigenvalue weighted by molar-refractivity contribution is 7.98. The molecule has 1 N–H and O–H groups in total. The van der Waals surface area contributed by atoms with Crippen LogP contribution in [0.25, 0.3) is 10.9 Å². The fraction of sp³-hybridized carbons (Fsp3) is 0.357. The molecule has 1 aromatic carbocycles. The van der Waals surface area contributed by atoms with Crippen LogP contribution in [0.4, 0.5) is 0 Å². The first-order valence-electron chi connectivity index (χ1n) is 5.92. The van der Waals surface area contributed by atoms with Crippen LogP contribution in [0.15, 0.2) is 17.0 Å². The monoisotopic (exact) mass is 263 g/mol. The highest BCUT2D eigenvalue weighted by Crippen LogP contribution is 2.32. The van der Waals surface area contributed by atoms with Gasteiger partial charge in [0.15, 0.2) is 0 Å². The summed E-state index contributed by atoms with van der Waals surface area (Å²) in [7, 11) is 0. The van der Waals surface area contributed by atoms with Gasteiger partial charge < -0.3 is 9.72 Å². The van der Waals surface area contributed by atoms with E-state index in [4.69, 9.17) is 4.74 Å². The van der Waals surface area contributed by atoms with Gasteiger partial charge in [-0.15, -0.1) is 11.8 Å². The average Bonchev–Trinajstić information content (AvgIpc) is 2.65. The van der Waals surface area contributed by atoms with Crippen molar-refractivity contribution in [2.45, 2.75) is 25.7 Å². The number of rotatable bonds is 3. The van der Waals surface area contributed by atoms with E-state index in [1.165, 1.54) is 4.90 Å². The minimum Gasteiger partial charge on any atom is -0.462 e. The summed E-state index contributed by atoms with van der Waals surface area (Å²) in [5.74, 6) is -0.256. The van der Waals surface area contributed by atoms with Crippen LogP contribution in [0.5, 0.6) is 0 Å². The quantitative estimate of drug-likeness (QED) is 0.678. The van der Waals surface area contributed by atoms with Gasteiger partial charge in [-0.2, -0.15) is 0 Å². The zero-order chi connectivity index (χ0) is 13.3. The van der Waals surface area contributed by atoms with Gasteiger partial charge in [0, 0.05) is 21.5 Å². The molecule has 1 heterocycles. The van der Waals surface area contributed by atoms with Gasteiger partial charge >= 0.3 is 5.97 Å². The van der Waals surface area contributed by atoms with Gasteiger partial charge in [0.1, 0.15) is 0 Å². The van der Waals surface area contributed by atoms with E-state index in [1.807, 2.05) is 32.2 Å². The van der Waals surface area contributed by atoms with Gasteiger partial charge in [-0.25, -0.2) is 4.79 Å². The number of carbonyl (C=O) groups is 1. The first-order chi connectivity index (χ1) is 8.58. The summed E-state index contributed by atoms with van der Waals surface area (Å²) in [5, 5.41) is 1.10. The van der Waals surface area contributed by atoms with Crippen molar-refractivity contribution in [3.05, 3.63) is 29.0 Å². The highest BCUT2D eigenvalue weighted by atomic mass is 32.2. The summed E-state index contributed by atoms with van der Waals surface area (Å²) in [5.41, 5.74) is 3.93. The number of hydrogen-bond donors (Lipinski definition) is 1. The number of fused-ring (bicyclic) bond motifs is 1. The number of nitrogens with one attached hydrogen (secondary N) is 1. The van der Waals surface area contributed by atoms with E-state index in [0.29, 0.717) is 12.2 Å². The number of ether oxygens (including phenoxy) is 1. The molecule has 0 aliphatic rings. The summed E-state index contributed by atoms with van der Waals surface area (Å²) in [4.78, 5) is 16.4. The molecule has 2 aromatic rings. The number of benzene rings is 1. The Hall–Kier alpha value is -1.42. The van der Waals surface area contributed by atoms with Crippen molar-refractivity contribution in [1.29, 1.82) is 0 Å². The minimum absolute atomic E-state index is 0.256. The van der Waals surface area contributed by atoms with Gasteiger partial charge in [0.25, 0.3) is 0 Å². The van der Waals surface area contributed by atoms with Crippen LogP contribution in [0.1, 0.15) is 28.5 Å². The second kappa shape index (κ2) is 5.06. The number of H-pyrrole nitrogens is 1. The number of esters is 1. The Morgan fingerprint density at radius 2 is 2.11 bits per heavy atom. The van der Waals surface area contributed by atoms with Crippen molar-refractivity contribution in [2.24, 2.45) is 0 Å². The van der Waals surface area contributed by atoms with E-state index >= 15 is 0 Å². The number of aromatic nitrogens is 1. The van der Waals surface area contributed by atoms with E-state index in [0.717, 1.165) is 22.2 Å². The molecule has 2 rings (SSSR count). The molecule has 0 fully saturated rings. The maximum absolute atomic E-state index is 11.8. The van der Waals surface area contributed by atoms with E-state index in [2.05, 4.69) is 11.9 Å². The first kappa shape index (κ1) is 13.0. The fourth-order valence-electron chi connectivity index (χ4n) is 2.17. The largest absolute Gasteiger partial charge is 0.462 e. The molecule has 0 unspecified atom stereocenters. The Balaban J connectivity index is 2.63. The Morgan fingerprint density at radius 1 is 1.39 bits per heavy atom. The van der Waals surface area contributed by atoms with E-state index in [-0.39, 0.29) is 5.97 Å². The molecule has 0 amide bonds. The van der Waals surface area contributed by atoms with Crippen molar-refractivity contribution in [2.75, 3.05) is 12.9 Å². The van der Waals surface area contributed by atoms with Crippen molar-refractivity contribution < 1.29 is 9.53 Å². The molecule has 0 bridgehead atoms. The van der Waals surface area contributed by atoms with Crippen LogP contribution in [0.2, 0.25) is 0 Å². The van der Waals surface area contributed by atoms with Crippen LogP contribution in [-0.4, -0.2) is 23.8 Å². The minimum atomic E-state index is -0.256. The Kier molecular flexibility index (Phi) is 3.66. The smallest absolute Gasteiger partial charge is 0.338 e. The number of hydrogen-bond acceptors (Lipinski definition) is 3. The summed E-state index contributed by atoms with van der Waals surface area (Å²) in [6, 6.07) is 3.79. The van der Waals surface area contributed by atoms with E-state index in [9.17, 15) is 4.79 Å². The lowest BCUT2D eigenvalue weighted by Crippen LogP contribution is -2.04. The molecular formula is C14H17NO2S. The molecule has 1 aromatic heterocycles. The van der Waals surface area contributed by atoms with E-state index in [1.54, 1.807) is 11.8 Å². The first-order valence-corrected chi connectivity index (χ1v) is 7.15. The fourth-order valence-corrected chi connectivity index (χ4v) is 2.91. The lowest BCUT2D eigenvalue weighted by Gasteiger charge is -2.05. The highest BCUT2D eigenvalue weighted by Gasteiger charge is 2.14. The second-order valence-electron chi connectivity index (χ2n) is 4.22. The third kappa shape index (κ3) is 2.12. The molecule has 0 radical (unpaired) electrons. The number of aromatic amines is 1. The van der Waals surface area contributed by atoms with Gasteiger partial charge in [-0.3, -0.25) is 0 Å². The predicted molar refractivity (Wildman–Crippen MR) is 75.5 cm³/mol. The third-order valence-corrected chi connectivity index (χ3v) is 3.88. The summed E-state index contributed by atoms with van der Waals surface area (Å²) < 4.78 is 5.06. The predicted octanol–water partition coefficient (Wildman–Crippen LogP) is 3.68. The van der Waals surface area contributed by atoms with Gasteiger partial charge in [0.05, 0.1) is 12.2 Å². The topological polar surface area (TPSA) is 42.1 Å². The zero-order valence-corrected chi connectivity index (χ0v) is 11.9. The zero-order valence-electron chi connectivity index (χ0n) is 11.1. The molecule has 4 heteroatoms. The van der Waals surface area contributed by atoms with Crippen molar-refractivity contribution in [1.82, 2.24) is 4.98 Å². The molecule has 0 atom stereocenters. The maximum atomic E-state index is 11.8. The molecule has 18 heavy (non-hydrogen) atoms. The van der Waals surface area contributed by atoms with Gasteiger partial charge in [0.2, 0.25) is 0 Å². The molecule has 0 saturated heterocycles. The van der Waals surface area contributed by atoms with Crippen molar-refractivity contribution >= 4 is 28.6 Å². The van der Waals surface area contributed by atoms with Crippen LogP contribution < -0.4 is 0 Å². The number of carbonyl (C=O) groups excluding carboxylic acids is 1. The second-order valence-corrected chi connectivity index (χ2v) is 5.04. The van der Waals surface area contributed by atoms with Crippen molar-refractivity contribution in [3.8, 4) is 0 Å². The van der Waals surface area contributed by atoms with Crippen LogP contribution in [-0.2, 0) is 4.74 Å². The lowest BCUT2D eigenvalue weighted by atomic mass is 10.1. The summed E-state index contributed by atoms with van der Waals surface area (Å²) >= 11 is 1.69. The third-order valence-electron chi connectivity index (χ3n) is 2.95. The average molecular weight is 263 g/mol. The summed E-state index contributed by atoms with van der Waals surface area (Å²) in [6.45, 7) is 6.27. The molecule has 96 valence electrons. The van der Waals surface area contributed by atoms with Crippen LogP contribution >= 0.6 is 11.8 Å². The number of aryl methyl sites for hydroxylation is 2. The molecular weight excluding hydrogens is 246 g/mol. The maximum Gasteiger partial charge on any atom is 0.338 e. The Morgan fingerprint density at radius 3 is 2.72 bits per heavy atom. The molecule has 0 aliphatic carbocycles. The van der Waals surface area contributed by atoms with Gasteiger partial charge in [-0.1, -0.05) is 0 Å². The SMILES string of the molecule is CCOC(=O)c1cc(C)c2[nH]c(C)c(SC)c2c1. The normalized spacial score (nSPS) is 10.9. The molecule has 0 saturated carbocycles. The standard InChI is InChI=1S/C14H17NO2S/c1-5-17-14(16)10-6-8(2)12-11(7-10)13(18-4)9(3)15-12/h6-7,15H,5H2,1-4H3. The number of thioether (sulfide) groups is 1. The lowest BCUT2D eigenvalue weighted by molar-refractivity contribution is 0.0526. The van der Waals surface area contributed by atoms with E-state index < -0.39 is 0 Å². The Bertz CT molecular complexity index is 601. The molecule has 0 aliphatic heterocycles. The molecule has 3 nitrogen and oxygen atoms in total. The van der Waals surface area contributed by atoms with Crippen LogP contribution in [0.3, 0.4) is 0 Å². The van der Waals surface area contributed by atoms with Crippen LogP contribution in [0, 0.1) is 13.8 Å². The summed E-state index contributed by atoms with van der Waals surface area (Å²) in [6.07, 6.45) is 2.04. The van der Waals surface area contributed by atoms with Gasteiger partial charge in [-0.05, 0) is 44.7 Å². The Labute approximate surface area is 111 Å².